The molecule has 1 aromatic rings. The second kappa shape index (κ2) is 4.09. The zero-order chi connectivity index (χ0) is 11.9. The van der Waals surface area contributed by atoms with Gasteiger partial charge in [-0.1, -0.05) is 6.92 Å². The van der Waals surface area contributed by atoms with E-state index in [0.29, 0.717) is 10.9 Å². The third-order valence-electron chi connectivity index (χ3n) is 2.99. The molecule has 88 valence electrons. The van der Waals surface area contributed by atoms with Crippen molar-refractivity contribution < 1.29 is 4.79 Å². The van der Waals surface area contributed by atoms with Crippen molar-refractivity contribution in [1.29, 1.82) is 0 Å². The SMILES string of the molecule is CC(C)NC(=O)c1c(N)sc2c1C(C)CC2. The van der Waals surface area contributed by atoms with Gasteiger partial charge in [-0.2, -0.15) is 0 Å². The van der Waals surface area contributed by atoms with Crippen LogP contribution in [0.2, 0.25) is 0 Å². The van der Waals surface area contributed by atoms with Gasteiger partial charge in [0.25, 0.3) is 5.91 Å². The average Bonchev–Trinajstić information content (AvgIpc) is 2.65. The Morgan fingerprint density at radius 1 is 1.56 bits per heavy atom. The van der Waals surface area contributed by atoms with Crippen LogP contribution in [0.15, 0.2) is 0 Å². The van der Waals surface area contributed by atoms with Gasteiger partial charge < -0.3 is 11.1 Å². The van der Waals surface area contributed by atoms with Gasteiger partial charge in [0.2, 0.25) is 0 Å². The van der Waals surface area contributed by atoms with Crippen LogP contribution in [0, 0.1) is 0 Å². The van der Waals surface area contributed by atoms with Crippen LogP contribution in [0.1, 0.15) is 53.9 Å². The summed E-state index contributed by atoms with van der Waals surface area (Å²) in [6.07, 6.45) is 2.21. The van der Waals surface area contributed by atoms with E-state index in [0.717, 1.165) is 18.4 Å². The molecule has 0 aliphatic heterocycles. The number of aryl methyl sites for hydroxylation is 1. The molecule has 0 saturated carbocycles. The molecule has 0 bridgehead atoms. The Morgan fingerprint density at radius 2 is 2.25 bits per heavy atom. The van der Waals surface area contributed by atoms with Crippen LogP contribution in [0.5, 0.6) is 0 Å². The first kappa shape index (κ1) is 11.5. The third-order valence-corrected chi connectivity index (χ3v) is 4.09. The van der Waals surface area contributed by atoms with Crippen LogP contribution < -0.4 is 11.1 Å². The minimum Gasteiger partial charge on any atom is -0.390 e. The Balaban J connectivity index is 2.37. The Morgan fingerprint density at radius 3 is 2.88 bits per heavy atom. The van der Waals surface area contributed by atoms with Gasteiger partial charge in [0.15, 0.2) is 0 Å². The van der Waals surface area contributed by atoms with Crippen LogP contribution in [0.3, 0.4) is 0 Å². The lowest BCUT2D eigenvalue weighted by molar-refractivity contribution is 0.0943. The maximum Gasteiger partial charge on any atom is 0.254 e. The number of fused-ring (bicyclic) bond motifs is 1. The van der Waals surface area contributed by atoms with Crippen molar-refractivity contribution in [2.75, 3.05) is 5.73 Å². The van der Waals surface area contributed by atoms with Crippen LogP contribution >= 0.6 is 11.3 Å². The maximum absolute atomic E-state index is 12.1. The summed E-state index contributed by atoms with van der Waals surface area (Å²) in [5.74, 6) is 0.454. The molecule has 0 radical (unpaired) electrons. The number of hydrogen-bond acceptors (Lipinski definition) is 3. The summed E-state index contributed by atoms with van der Waals surface area (Å²) in [5.41, 5.74) is 7.88. The second-order valence-electron chi connectivity index (χ2n) is 4.75. The van der Waals surface area contributed by atoms with Crippen LogP contribution in [-0.4, -0.2) is 11.9 Å². The number of carbonyl (C=O) groups is 1. The van der Waals surface area contributed by atoms with Crippen molar-refractivity contribution in [3.63, 3.8) is 0 Å². The number of amides is 1. The fourth-order valence-corrected chi connectivity index (χ4v) is 3.48. The highest BCUT2D eigenvalue weighted by atomic mass is 32.1. The summed E-state index contributed by atoms with van der Waals surface area (Å²) in [6, 6.07) is 0.152. The molecule has 1 heterocycles. The number of thiophene rings is 1. The minimum atomic E-state index is -0.0150. The van der Waals surface area contributed by atoms with E-state index in [1.54, 1.807) is 11.3 Å². The molecule has 1 atom stereocenters. The third kappa shape index (κ3) is 1.82. The summed E-state index contributed by atoms with van der Waals surface area (Å²) in [4.78, 5) is 13.4. The Bertz CT molecular complexity index is 423. The Hall–Kier alpha value is -1.03. The molecular formula is C12H18N2OS. The van der Waals surface area contributed by atoms with E-state index in [4.69, 9.17) is 5.73 Å². The smallest absolute Gasteiger partial charge is 0.254 e. The molecule has 1 unspecified atom stereocenters. The van der Waals surface area contributed by atoms with E-state index in [9.17, 15) is 4.79 Å². The quantitative estimate of drug-likeness (QED) is 0.831. The number of nitrogens with one attached hydrogen (secondary N) is 1. The lowest BCUT2D eigenvalue weighted by Gasteiger charge is -2.11. The molecule has 0 fully saturated rings. The summed E-state index contributed by atoms with van der Waals surface area (Å²) in [6.45, 7) is 6.10. The first-order valence-electron chi connectivity index (χ1n) is 5.72. The highest BCUT2D eigenvalue weighted by Gasteiger charge is 2.29. The molecular weight excluding hydrogens is 220 g/mol. The fourth-order valence-electron chi connectivity index (χ4n) is 2.28. The van der Waals surface area contributed by atoms with Gasteiger partial charge in [-0.25, -0.2) is 0 Å². The van der Waals surface area contributed by atoms with Crippen molar-refractivity contribution in [3.8, 4) is 0 Å². The molecule has 0 aromatic carbocycles. The number of nitrogens with two attached hydrogens (primary N) is 1. The topological polar surface area (TPSA) is 55.1 Å². The van der Waals surface area contributed by atoms with E-state index in [2.05, 4.69) is 12.2 Å². The number of carbonyl (C=O) groups excluding carboxylic acids is 1. The van der Waals surface area contributed by atoms with Crippen LogP contribution in [0.4, 0.5) is 5.00 Å². The lowest BCUT2D eigenvalue weighted by atomic mass is 10.0. The van der Waals surface area contributed by atoms with Gasteiger partial charge in [0, 0.05) is 10.9 Å². The number of nitrogen functional groups attached to an aromatic ring is 1. The van der Waals surface area contributed by atoms with Crippen LogP contribution in [0.25, 0.3) is 0 Å². The lowest BCUT2D eigenvalue weighted by Crippen LogP contribution is -2.31. The molecule has 2 rings (SSSR count). The number of anilines is 1. The second-order valence-corrected chi connectivity index (χ2v) is 5.88. The summed E-state index contributed by atoms with van der Waals surface area (Å²) < 4.78 is 0. The molecule has 3 N–H and O–H groups in total. The monoisotopic (exact) mass is 238 g/mol. The molecule has 3 nitrogen and oxygen atoms in total. The molecule has 1 aromatic heterocycles. The summed E-state index contributed by atoms with van der Waals surface area (Å²) >= 11 is 1.58. The first-order chi connectivity index (χ1) is 7.50. The van der Waals surface area contributed by atoms with E-state index < -0.39 is 0 Å². The zero-order valence-electron chi connectivity index (χ0n) is 9.96. The molecule has 16 heavy (non-hydrogen) atoms. The Kier molecular flexibility index (Phi) is 2.93. The van der Waals surface area contributed by atoms with Gasteiger partial charge in [0.1, 0.15) is 0 Å². The number of hydrogen-bond donors (Lipinski definition) is 2. The fraction of sp³-hybridized carbons (Fsp3) is 0.583. The highest BCUT2D eigenvalue weighted by Crippen LogP contribution is 2.43. The van der Waals surface area contributed by atoms with Crippen molar-refractivity contribution in [2.24, 2.45) is 0 Å². The number of rotatable bonds is 2. The van der Waals surface area contributed by atoms with Gasteiger partial charge in [-0.3, -0.25) is 4.79 Å². The predicted molar refractivity (Wildman–Crippen MR) is 68.1 cm³/mol. The standard InChI is InChI=1S/C12H18N2OS/c1-6(2)14-12(15)10-9-7(3)4-5-8(9)16-11(10)13/h6-7H,4-5,13H2,1-3H3,(H,14,15). The van der Waals surface area contributed by atoms with E-state index >= 15 is 0 Å². The first-order valence-corrected chi connectivity index (χ1v) is 6.54. The van der Waals surface area contributed by atoms with Crippen molar-refractivity contribution in [2.45, 2.75) is 45.6 Å². The maximum atomic E-state index is 12.1. The van der Waals surface area contributed by atoms with Gasteiger partial charge in [-0.05, 0) is 38.2 Å². The van der Waals surface area contributed by atoms with Crippen molar-refractivity contribution in [3.05, 3.63) is 16.0 Å². The highest BCUT2D eigenvalue weighted by molar-refractivity contribution is 7.16. The van der Waals surface area contributed by atoms with E-state index in [-0.39, 0.29) is 11.9 Å². The molecule has 0 saturated heterocycles. The minimum absolute atomic E-state index is 0.0150. The normalized spacial score (nSPS) is 18.9. The van der Waals surface area contributed by atoms with Crippen LogP contribution in [-0.2, 0) is 6.42 Å². The molecule has 1 aliphatic carbocycles. The molecule has 1 aliphatic rings. The zero-order valence-corrected chi connectivity index (χ0v) is 10.8. The molecule has 1 amide bonds. The predicted octanol–water partition coefficient (Wildman–Crippen LogP) is 2.52. The summed E-state index contributed by atoms with van der Waals surface area (Å²) in [5, 5.41) is 3.60. The van der Waals surface area contributed by atoms with Crippen molar-refractivity contribution >= 4 is 22.2 Å². The van der Waals surface area contributed by atoms with Gasteiger partial charge >= 0.3 is 0 Å². The largest absolute Gasteiger partial charge is 0.390 e. The summed E-state index contributed by atoms with van der Waals surface area (Å²) in [7, 11) is 0. The van der Waals surface area contributed by atoms with Crippen molar-refractivity contribution in [1.82, 2.24) is 5.32 Å². The molecule has 0 spiro atoms. The Labute approximate surface area is 100 Å². The molecule has 4 heteroatoms. The van der Waals surface area contributed by atoms with Gasteiger partial charge in [-0.15, -0.1) is 11.3 Å². The average molecular weight is 238 g/mol. The van der Waals surface area contributed by atoms with E-state index in [1.165, 1.54) is 10.4 Å². The van der Waals surface area contributed by atoms with Gasteiger partial charge in [0.05, 0.1) is 10.6 Å². The van der Waals surface area contributed by atoms with E-state index in [1.807, 2.05) is 13.8 Å².